The van der Waals surface area contributed by atoms with E-state index < -0.39 is 0 Å². The van der Waals surface area contributed by atoms with Gasteiger partial charge in [-0.15, -0.1) is 0 Å². The van der Waals surface area contributed by atoms with Gasteiger partial charge in [0.25, 0.3) is 0 Å². The zero-order valence-electron chi connectivity index (χ0n) is 12.0. The molecule has 102 valence electrons. The average molecular weight is 265 g/mol. The molecule has 0 bridgehead atoms. The van der Waals surface area contributed by atoms with Crippen LogP contribution in [0.3, 0.4) is 0 Å². The van der Waals surface area contributed by atoms with E-state index in [0.717, 1.165) is 6.54 Å². The molecule has 1 rings (SSSR count). The van der Waals surface area contributed by atoms with Gasteiger partial charge < -0.3 is 5.32 Å². The first kappa shape index (κ1) is 15.6. The first-order chi connectivity index (χ1) is 8.81. The standard InChI is InChI=1S/C16H27NS/c1-4-8-14-9-7-10-15(12-14)16(17-6-3)13-18-11-5-2/h7,9-10,12,16-17H,4-6,8,11,13H2,1-3H3. The molecule has 1 N–H and O–H groups in total. The van der Waals surface area contributed by atoms with Gasteiger partial charge in [0.15, 0.2) is 0 Å². The number of thioether (sulfide) groups is 1. The predicted molar refractivity (Wildman–Crippen MR) is 84.5 cm³/mol. The van der Waals surface area contributed by atoms with Crippen LogP contribution in [0.2, 0.25) is 0 Å². The van der Waals surface area contributed by atoms with Crippen molar-refractivity contribution in [2.75, 3.05) is 18.1 Å². The van der Waals surface area contributed by atoms with Crippen molar-refractivity contribution in [1.82, 2.24) is 5.32 Å². The van der Waals surface area contributed by atoms with Crippen LogP contribution in [0.1, 0.15) is 50.8 Å². The summed E-state index contributed by atoms with van der Waals surface area (Å²) in [6, 6.07) is 9.59. The molecular weight excluding hydrogens is 238 g/mol. The lowest BCUT2D eigenvalue weighted by Crippen LogP contribution is -2.23. The van der Waals surface area contributed by atoms with Gasteiger partial charge in [-0.05, 0) is 36.3 Å². The van der Waals surface area contributed by atoms with Crippen molar-refractivity contribution in [2.24, 2.45) is 0 Å². The highest BCUT2D eigenvalue weighted by atomic mass is 32.2. The van der Waals surface area contributed by atoms with Gasteiger partial charge in [0, 0.05) is 11.8 Å². The van der Waals surface area contributed by atoms with Crippen LogP contribution in [0.15, 0.2) is 24.3 Å². The topological polar surface area (TPSA) is 12.0 Å². The molecule has 0 aliphatic heterocycles. The van der Waals surface area contributed by atoms with Crippen LogP contribution in [0.5, 0.6) is 0 Å². The predicted octanol–water partition coefficient (Wildman–Crippen LogP) is 4.43. The van der Waals surface area contributed by atoms with Crippen molar-refractivity contribution in [3.8, 4) is 0 Å². The highest BCUT2D eigenvalue weighted by Gasteiger charge is 2.10. The fraction of sp³-hybridized carbons (Fsp3) is 0.625. The van der Waals surface area contributed by atoms with Gasteiger partial charge in [-0.3, -0.25) is 0 Å². The van der Waals surface area contributed by atoms with Gasteiger partial charge in [-0.25, -0.2) is 0 Å². The minimum atomic E-state index is 0.503. The average Bonchev–Trinajstić information content (AvgIpc) is 2.39. The van der Waals surface area contributed by atoms with Crippen LogP contribution in [0, 0.1) is 0 Å². The molecule has 0 aliphatic carbocycles. The molecule has 1 nitrogen and oxygen atoms in total. The maximum absolute atomic E-state index is 3.61. The molecule has 0 aromatic heterocycles. The quantitative estimate of drug-likeness (QED) is 0.663. The summed E-state index contributed by atoms with van der Waals surface area (Å²) < 4.78 is 0. The van der Waals surface area contributed by atoms with Gasteiger partial charge in [0.1, 0.15) is 0 Å². The largest absolute Gasteiger partial charge is 0.310 e. The Bertz CT molecular complexity index is 325. The Kier molecular flexibility index (Phi) is 8.19. The van der Waals surface area contributed by atoms with Crippen LogP contribution in [0.25, 0.3) is 0 Å². The van der Waals surface area contributed by atoms with E-state index in [1.54, 1.807) is 0 Å². The lowest BCUT2D eigenvalue weighted by atomic mass is 10.0. The van der Waals surface area contributed by atoms with Crippen LogP contribution in [-0.2, 0) is 6.42 Å². The van der Waals surface area contributed by atoms with Crippen molar-refractivity contribution >= 4 is 11.8 Å². The van der Waals surface area contributed by atoms with E-state index in [2.05, 4.69) is 62.1 Å². The van der Waals surface area contributed by atoms with E-state index in [9.17, 15) is 0 Å². The summed E-state index contributed by atoms with van der Waals surface area (Å²) in [7, 11) is 0. The molecule has 0 radical (unpaired) electrons. The van der Waals surface area contributed by atoms with E-state index in [4.69, 9.17) is 0 Å². The zero-order chi connectivity index (χ0) is 13.2. The van der Waals surface area contributed by atoms with Gasteiger partial charge >= 0.3 is 0 Å². The van der Waals surface area contributed by atoms with Crippen molar-refractivity contribution in [2.45, 2.75) is 46.1 Å². The first-order valence-corrected chi connectivity index (χ1v) is 8.37. The number of rotatable bonds is 9. The van der Waals surface area contributed by atoms with E-state index in [1.165, 1.54) is 41.9 Å². The lowest BCUT2D eigenvalue weighted by Gasteiger charge is -2.18. The normalized spacial score (nSPS) is 12.6. The Hall–Kier alpha value is -0.470. The molecule has 0 aliphatic rings. The molecule has 0 saturated heterocycles. The summed E-state index contributed by atoms with van der Waals surface area (Å²) >= 11 is 2.05. The van der Waals surface area contributed by atoms with Crippen LogP contribution in [0.4, 0.5) is 0 Å². The molecule has 1 aromatic carbocycles. The Morgan fingerprint density at radius 2 is 2.00 bits per heavy atom. The third-order valence-electron chi connectivity index (χ3n) is 2.98. The summed E-state index contributed by atoms with van der Waals surface area (Å²) in [6.07, 6.45) is 3.67. The lowest BCUT2D eigenvalue weighted by molar-refractivity contribution is 0.605. The molecule has 1 aromatic rings. The minimum absolute atomic E-state index is 0.503. The summed E-state index contributed by atoms with van der Waals surface area (Å²) in [4.78, 5) is 0. The fourth-order valence-electron chi connectivity index (χ4n) is 2.12. The number of hydrogen-bond acceptors (Lipinski definition) is 2. The number of benzene rings is 1. The van der Waals surface area contributed by atoms with E-state index >= 15 is 0 Å². The van der Waals surface area contributed by atoms with Crippen molar-refractivity contribution in [3.05, 3.63) is 35.4 Å². The number of aryl methyl sites for hydroxylation is 1. The number of nitrogens with one attached hydrogen (secondary N) is 1. The van der Waals surface area contributed by atoms with E-state index in [-0.39, 0.29) is 0 Å². The maximum atomic E-state index is 3.61. The summed E-state index contributed by atoms with van der Waals surface area (Å²) in [5.41, 5.74) is 2.92. The molecule has 18 heavy (non-hydrogen) atoms. The molecule has 0 saturated carbocycles. The molecule has 1 unspecified atom stereocenters. The second-order valence-corrected chi connectivity index (χ2v) is 5.83. The van der Waals surface area contributed by atoms with Gasteiger partial charge in [-0.2, -0.15) is 11.8 Å². The molecule has 0 heterocycles. The summed E-state index contributed by atoms with van der Waals surface area (Å²) in [5, 5.41) is 3.61. The highest BCUT2D eigenvalue weighted by Crippen LogP contribution is 2.20. The van der Waals surface area contributed by atoms with Crippen LogP contribution < -0.4 is 5.32 Å². The van der Waals surface area contributed by atoms with Gasteiger partial charge in [-0.1, -0.05) is 51.5 Å². The third kappa shape index (κ3) is 5.45. The van der Waals surface area contributed by atoms with Crippen molar-refractivity contribution in [3.63, 3.8) is 0 Å². The Morgan fingerprint density at radius 3 is 2.67 bits per heavy atom. The second kappa shape index (κ2) is 9.46. The molecule has 0 fully saturated rings. The Morgan fingerprint density at radius 1 is 1.17 bits per heavy atom. The van der Waals surface area contributed by atoms with E-state index in [0.29, 0.717) is 6.04 Å². The molecule has 0 amide bonds. The van der Waals surface area contributed by atoms with Crippen LogP contribution >= 0.6 is 11.8 Å². The first-order valence-electron chi connectivity index (χ1n) is 7.21. The summed E-state index contributed by atoms with van der Waals surface area (Å²) in [6.45, 7) is 7.71. The highest BCUT2D eigenvalue weighted by molar-refractivity contribution is 7.99. The molecule has 0 spiro atoms. The SMILES string of the molecule is CCCSCC(NCC)c1cccc(CCC)c1. The maximum Gasteiger partial charge on any atom is 0.0411 e. The monoisotopic (exact) mass is 265 g/mol. The van der Waals surface area contributed by atoms with Crippen LogP contribution in [-0.4, -0.2) is 18.1 Å². The summed E-state index contributed by atoms with van der Waals surface area (Å²) in [5.74, 6) is 2.44. The van der Waals surface area contributed by atoms with Gasteiger partial charge in [0.05, 0.1) is 0 Å². The van der Waals surface area contributed by atoms with Crippen molar-refractivity contribution in [1.29, 1.82) is 0 Å². The third-order valence-corrected chi connectivity index (χ3v) is 4.24. The molecular formula is C16H27NS. The fourth-order valence-corrected chi connectivity index (χ4v) is 3.12. The Labute approximate surface area is 117 Å². The smallest absolute Gasteiger partial charge is 0.0411 e. The number of hydrogen-bond donors (Lipinski definition) is 1. The van der Waals surface area contributed by atoms with E-state index in [1.807, 2.05) is 0 Å². The Balaban J connectivity index is 2.67. The van der Waals surface area contributed by atoms with Crippen molar-refractivity contribution < 1.29 is 0 Å². The molecule has 2 heteroatoms. The second-order valence-electron chi connectivity index (χ2n) is 4.68. The zero-order valence-corrected chi connectivity index (χ0v) is 12.9. The molecule has 1 atom stereocenters. The minimum Gasteiger partial charge on any atom is -0.310 e. The van der Waals surface area contributed by atoms with Gasteiger partial charge in [0.2, 0.25) is 0 Å².